The highest BCUT2D eigenvalue weighted by Crippen LogP contribution is 2.29. The van der Waals surface area contributed by atoms with Gasteiger partial charge in [0.25, 0.3) is 0 Å². The van der Waals surface area contributed by atoms with Crippen molar-refractivity contribution in [1.82, 2.24) is 19.7 Å². The van der Waals surface area contributed by atoms with Gasteiger partial charge in [0.2, 0.25) is 5.91 Å². The van der Waals surface area contributed by atoms with Gasteiger partial charge in [0, 0.05) is 45.9 Å². The Morgan fingerprint density at radius 3 is 2.44 bits per heavy atom. The second-order valence-electron chi connectivity index (χ2n) is 7.89. The topological polar surface area (TPSA) is 72.7 Å². The summed E-state index contributed by atoms with van der Waals surface area (Å²) in [5.41, 5.74) is 2.99. The van der Waals surface area contributed by atoms with E-state index in [1.807, 2.05) is 89.5 Å². The van der Waals surface area contributed by atoms with E-state index >= 15 is 0 Å². The van der Waals surface area contributed by atoms with Gasteiger partial charge in [0.1, 0.15) is 0 Å². The van der Waals surface area contributed by atoms with Gasteiger partial charge in [-0.3, -0.25) is 9.36 Å². The highest BCUT2D eigenvalue weighted by Gasteiger charge is 2.16. The van der Waals surface area contributed by atoms with Crippen LogP contribution in [0.2, 0.25) is 5.02 Å². The number of anilines is 1. The van der Waals surface area contributed by atoms with Gasteiger partial charge in [-0.15, -0.1) is 21.5 Å². The van der Waals surface area contributed by atoms with Crippen molar-refractivity contribution >= 4 is 45.7 Å². The first kappa shape index (κ1) is 24.2. The van der Waals surface area contributed by atoms with E-state index in [2.05, 4.69) is 20.5 Å². The van der Waals surface area contributed by atoms with Crippen molar-refractivity contribution in [3.63, 3.8) is 0 Å². The third-order valence-electron chi connectivity index (χ3n) is 5.36. The zero-order valence-electron chi connectivity index (χ0n) is 19.2. The fourth-order valence-corrected chi connectivity index (χ4v) is 5.58. The van der Waals surface area contributed by atoms with E-state index in [4.69, 9.17) is 11.6 Å². The summed E-state index contributed by atoms with van der Waals surface area (Å²) in [6, 6.07) is 27.7. The number of thioether (sulfide) groups is 1. The molecule has 5 rings (SSSR count). The van der Waals surface area contributed by atoms with Crippen molar-refractivity contribution in [3.05, 3.63) is 107 Å². The molecule has 36 heavy (non-hydrogen) atoms. The quantitative estimate of drug-likeness (QED) is 0.213. The molecule has 1 amide bonds. The van der Waals surface area contributed by atoms with Gasteiger partial charge in [-0.25, -0.2) is 4.98 Å². The molecular formula is C27H22ClN5OS2. The van der Waals surface area contributed by atoms with Gasteiger partial charge in [0.05, 0.1) is 0 Å². The molecule has 0 aliphatic heterocycles. The summed E-state index contributed by atoms with van der Waals surface area (Å²) in [6.07, 6.45) is 2.79. The molecule has 0 aliphatic rings. The third-order valence-corrected chi connectivity index (χ3v) is 7.57. The summed E-state index contributed by atoms with van der Waals surface area (Å²) in [5, 5.41) is 13.8. The summed E-state index contributed by atoms with van der Waals surface area (Å²) in [7, 11) is 0. The Kier molecular flexibility index (Phi) is 7.76. The number of halogens is 1. The minimum atomic E-state index is -0.0878. The van der Waals surface area contributed by atoms with E-state index in [9.17, 15) is 4.79 Å². The lowest BCUT2D eigenvalue weighted by atomic mass is 10.1. The number of nitrogens with one attached hydrogen (secondary N) is 1. The normalized spacial score (nSPS) is 10.9. The predicted molar refractivity (Wildman–Crippen MR) is 147 cm³/mol. The summed E-state index contributed by atoms with van der Waals surface area (Å²) in [5.74, 6) is 1.24. The second-order valence-corrected chi connectivity index (χ2v) is 10.5. The van der Waals surface area contributed by atoms with Crippen molar-refractivity contribution in [2.24, 2.45) is 0 Å². The number of carbonyl (C=O) groups is 1. The fourth-order valence-electron chi connectivity index (χ4n) is 3.64. The molecule has 2 aromatic heterocycles. The minimum absolute atomic E-state index is 0.0878. The molecule has 0 fully saturated rings. The first-order valence-electron chi connectivity index (χ1n) is 11.3. The van der Waals surface area contributed by atoms with Crippen LogP contribution in [0.5, 0.6) is 0 Å². The molecule has 0 aliphatic carbocycles. The number of nitrogens with zero attached hydrogens (tertiary/aromatic N) is 4. The van der Waals surface area contributed by atoms with E-state index in [1.54, 1.807) is 6.20 Å². The number of benzene rings is 3. The number of hydrogen-bond acceptors (Lipinski definition) is 6. The van der Waals surface area contributed by atoms with Crippen LogP contribution in [-0.2, 0) is 11.2 Å². The Labute approximate surface area is 222 Å². The SMILES string of the molecule is O=C(CCSc1nnc(-c2ccccc2)n1-c1ccccc1)Nc1ncc(Cc2ccccc2Cl)s1. The zero-order valence-corrected chi connectivity index (χ0v) is 21.6. The van der Waals surface area contributed by atoms with Gasteiger partial charge in [-0.1, -0.05) is 90.1 Å². The summed E-state index contributed by atoms with van der Waals surface area (Å²) >= 11 is 9.22. The van der Waals surface area contributed by atoms with Gasteiger partial charge < -0.3 is 5.32 Å². The number of thiazole rings is 1. The largest absolute Gasteiger partial charge is 0.302 e. The summed E-state index contributed by atoms with van der Waals surface area (Å²) < 4.78 is 2.03. The lowest BCUT2D eigenvalue weighted by molar-refractivity contribution is -0.115. The average Bonchev–Trinajstić information content (AvgIpc) is 3.53. The standard InChI is InChI=1S/C27H22ClN5OS2/c28-23-14-8-7-11-20(23)17-22-18-29-26(36-22)30-24(34)15-16-35-27-32-31-25(19-9-3-1-4-10-19)33(27)21-12-5-2-6-13-21/h1-14,18H,15-17H2,(H,29,30,34). The summed E-state index contributed by atoms with van der Waals surface area (Å²) in [4.78, 5) is 18.0. The number of carbonyl (C=O) groups excluding carboxylic acids is 1. The number of rotatable bonds is 9. The molecule has 0 atom stereocenters. The van der Waals surface area contributed by atoms with Crippen molar-refractivity contribution < 1.29 is 4.79 Å². The Bertz CT molecular complexity index is 1450. The molecule has 0 saturated carbocycles. The van der Waals surface area contributed by atoms with Crippen LogP contribution in [0.25, 0.3) is 17.1 Å². The molecule has 0 radical (unpaired) electrons. The monoisotopic (exact) mass is 531 g/mol. The molecule has 3 aromatic carbocycles. The average molecular weight is 532 g/mol. The maximum Gasteiger partial charge on any atom is 0.226 e. The van der Waals surface area contributed by atoms with E-state index in [1.165, 1.54) is 23.1 Å². The first-order valence-corrected chi connectivity index (χ1v) is 13.5. The molecule has 0 unspecified atom stereocenters. The molecule has 0 bridgehead atoms. The smallest absolute Gasteiger partial charge is 0.226 e. The van der Waals surface area contributed by atoms with Crippen LogP contribution in [0.1, 0.15) is 16.9 Å². The minimum Gasteiger partial charge on any atom is -0.302 e. The number of hydrogen-bond donors (Lipinski definition) is 1. The number of para-hydroxylation sites is 1. The van der Waals surface area contributed by atoms with Crippen LogP contribution in [0, 0.1) is 0 Å². The van der Waals surface area contributed by atoms with Crippen molar-refractivity contribution in [2.75, 3.05) is 11.1 Å². The van der Waals surface area contributed by atoms with Gasteiger partial charge >= 0.3 is 0 Å². The maximum absolute atomic E-state index is 12.6. The van der Waals surface area contributed by atoms with Crippen LogP contribution in [0.3, 0.4) is 0 Å². The number of amides is 1. The fraction of sp³-hybridized carbons (Fsp3) is 0.111. The van der Waals surface area contributed by atoms with E-state index in [0.29, 0.717) is 23.7 Å². The molecule has 6 nitrogen and oxygen atoms in total. The van der Waals surface area contributed by atoms with E-state index in [-0.39, 0.29) is 5.91 Å². The predicted octanol–water partition coefficient (Wildman–Crippen LogP) is 6.76. The van der Waals surface area contributed by atoms with Gasteiger partial charge in [-0.05, 0) is 23.8 Å². The molecule has 2 heterocycles. The molecular weight excluding hydrogens is 510 g/mol. The van der Waals surface area contributed by atoms with Crippen LogP contribution in [0.15, 0.2) is 96.3 Å². The van der Waals surface area contributed by atoms with E-state index < -0.39 is 0 Å². The molecule has 0 spiro atoms. The Morgan fingerprint density at radius 2 is 1.67 bits per heavy atom. The lowest BCUT2D eigenvalue weighted by Crippen LogP contribution is -2.12. The molecule has 5 aromatic rings. The lowest BCUT2D eigenvalue weighted by Gasteiger charge is -2.10. The molecule has 1 N–H and O–H groups in total. The Morgan fingerprint density at radius 1 is 0.944 bits per heavy atom. The Hall–Kier alpha value is -3.46. The zero-order chi connectivity index (χ0) is 24.7. The molecule has 180 valence electrons. The van der Waals surface area contributed by atoms with Crippen molar-refractivity contribution in [3.8, 4) is 17.1 Å². The highest BCUT2D eigenvalue weighted by molar-refractivity contribution is 7.99. The Balaban J connectivity index is 1.22. The van der Waals surface area contributed by atoms with Crippen molar-refractivity contribution in [1.29, 1.82) is 0 Å². The van der Waals surface area contributed by atoms with Crippen LogP contribution in [0.4, 0.5) is 5.13 Å². The maximum atomic E-state index is 12.6. The van der Waals surface area contributed by atoms with E-state index in [0.717, 1.165) is 37.7 Å². The van der Waals surface area contributed by atoms with Gasteiger partial charge in [-0.2, -0.15) is 0 Å². The van der Waals surface area contributed by atoms with Gasteiger partial charge in [0.15, 0.2) is 16.1 Å². The van der Waals surface area contributed by atoms with Crippen LogP contribution >= 0.6 is 34.7 Å². The molecule has 9 heteroatoms. The van der Waals surface area contributed by atoms with Crippen molar-refractivity contribution in [2.45, 2.75) is 18.0 Å². The van der Waals surface area contributed by atoms with Crippen LogP contribution < -0.4 is 5.32 Å². The second kappa shape index (κ2) is 11.5. The van der Waals surface area contributed by atoms with Crippen LogP contribution in [-0.4, -0.2) is 31.4 Å². The third kappa shape index (κ3) is 5.84. The highest BCUT2D eigenvalue weighted by atomic mass is 35.5. The summed E-state index contributed by atoms with van der Waals surface area (Å²) in [6.45, 7) is 0. The number of aromatic nitrogens is 4. The molecule has 0 saturated heterocycles. The first-order chi connectivity index (χ1) is 17.7.